The molecule has 6 nitrogen and oxygen atoms in total. The van der Waals surface area contributed by atoms with E-state index in [4.69, 9.17) is 9.47 Å². The van der Waals surface area contributed by atoms with E-state index >= 15 is 0 Å². The van der Waals surface area contributed by atoms with E-state index in [0.717, 1.165) is 20.8 Å². The Bertz CT molecular complexity index is 969. The second-order valence-corrected chi connectivity index (χ2v) is 10.7. The molecule has 1 fully saturated rings. The summed E-state index contributed by atoms with van der Waals surface area (Å²) in [5, 5.41) is 5.15. The Balaban J connectivity index is 1.89. The van der Waals surface area contributed by atoms with Gasteiger partial charge in [-0.15, -0.1) is 0 Å². The molecule has 0 aromatic heterocycles. The van der Waals surface area contributed by atoms with Crippen molar-refractivity contribution in [1.29, 1.82) is 0 Å². The quantitative estimate of drug-likeness (QED) is 0.614. The van der Waals surface area contributed by atoms with Crippen LogP contribution in [0.3, 0.4) is 0 Å². The molecule has 162 valence electrons. The fourth-order valence-corrected chi connectivity index (χ4v) is 3.79. The summed E-state index contributed by atoms with van der Waals surface area (Å²) in [6.45, 7) is 11.6. The molecule has 0 spiro atoms. The number of carbonyl (C=O) groups is 2. The van der Waals surface area contributed by atoms with E-state index in [1.165, 1.54) is 0 Å². The zero-order chi connectivity index (χ0) is 22.3. The predicted octanol–water partition coefficient (Wildman–Crippen LogP) is 5.57. The molecule has 1 saturated heterocycles. The standard InChI is InChI=1S/C23H29BrN2O4/c1-21(2,3)29-19(27)25-23(13-26(14-23)20(28)30-22(4,5)6)17-9-7-15-8-10-18(24)12-16(15)11-17/h7-12H,13-14H2,1-6H3,(H,25,27). The minimum atomic E-state index is -0.740. The SMILES string of the molecule is CC(C)(C)OC(=O)NC1(c2ccc3ccc(Br)cc3c2)CN(C(=O)OC(C)(C)C)C1. The van der Waals surface area contributed by atoms with Crippen LogP contribution in [0.2, 0.25) is 0 Å². The second-order valence-electron chi connectivity index (χ2n) is 9.75. The number of nitrogens with one attached hydrogen (secondary N) is 1. The summed E-state index contributed by atoms with van der Waals surface area (Å²) in [5.74, 6) is 0. The maximum atomic E-state index is 12.6. The van der Waals surface area contributed by atoms with Crippen molar-refractivity contribution in [2.24, 2.45) is 0 Å². The highest BCUT2D eigenvalue weighted by Crippen LogP contribution is 2.35. The summed E-state index contributed by atoms with van der Waals surface area (Å²) in [7, 11) is 0. The van der Waals surface area contributed by atoms with Crippen LogP contribution in [0.4, 0.5) is 9.59 Å². The van der Waals surface area contributed by atoms with Crippen molar-refractivity contribution in [3.63, 3.8) is 0 Å². The van der Waals surface area contributed by atoms with Gasteiger partial charge in [-0.1, -0.05) is 34.1 Å². The summed E-state index contributed by atoms with van der Waals surface area (Å²) in [6.07, 6.45) is -0.909. The Hall–Kier alpha value is -2.28. The summed E-state index contributed by atoms with van der Waals surface area (Å²) >= 11 is 3.51. The first-order chi connectivity index (χ1) is 13.8. The van der Waals surface area contributed by atoms with Crippen LogP contribution in [0, 0.1) is 0 Å². The molecule has 3 rings (SSSR count). The van der Waals surface area contributed by atoms with Crippen molar-refractivity contribution >= 4 is 38.9 Å². The van der Waals surface area contributed by atoms with Gasteiger partial charge in [0.25, 0.3) is 0 Å². The highest BCUT2D eigenvalue weighted by molar-refractivity contribution is 9.10. The van der Waals surface area contributed by atoms with E-state index in [1.54, 1.807) is 4.90 Å². The normalized spacial score (nSPS) is 16.0. The molecule has 0 saturated carbocycles. The molecule has 0 aliphatic carbocycles. The van der Waals surface area contributed by atoms with Gasteiger partial charge in [0, 0.05) is 4.47 Å². The Kier molecular flexibility index (Phi) is 5.80. The van der Waals surface area contributed by atoms with Crippen LogP contribution >= 0.6 is 15.9 Å². The van der Waals surface area contributed by atoms with E-state index in [-0.39, 0.29) is 0 Å². The smallest absolute Gasteiger partial charge is 0.410 e. The Morgan fingerprint density at radius 2 is 1.53 bits per heavy atom. The number of rotatable bonds is 2. The number of alkyl carbamates (subject to hydrolysis) is 1. The van der Waals surface area contributed by atoms with Gasteiger partial charge in [-0.25, -0.2) is 9.59 Å². The molecule has 0 unspecified atom stereocenters. The van der Waals surface area contributed by atoms with Crippen LogP contribution in [0.25, 0.3) is 10.8 Å². The highest BCUT2D eigenvalue weighted by atomic mass is 79.9. The number of benzene rings is 2. The second kappa shape index (κ2) is 7.76. The van der Waals surface area contributed by atoms with Gasteiger partial charge in [-0.3, -0.25) is 0 Å². The lowest BCUT2D eigenvalue weighted by atomic mass is 9.81. The van der Waals surface area contributed by atoms with Crippen molar-refractivity contribution in [2.45, 2.75) is 58.3 Å². The topological polar surface area (TPSA) is 67.9 Å². The van der Waals surface area contributed by atoms with Crippen LogP contribution in [0.15, 0.2) is 40.9 Å². The number of hydrogen-bond acceptors (Lipinski definition) is 4. The Morgan fingerprint density at radius 3 is 2.13 bits per heavy atom. The molecule has 1 heterocycles. The lowest BCUT2D eigenvalue weighted by Crippen LogP contribution is -2.69. The largest absolute Gasteiger partial charge is 0.444 e. The lowest BCUT2D eigenvalue weighted by Gasteiger charge is -2.50. The number of likely N-dealkylation sites (tertiary alicyclic amines) is 1. The van der Waals surface area contributed by atoms with E-state index in [1.807, 2.05) is 77.9 Å². The van der Waals surface area contributed by atoms with E-state index in [2.05, 4.69) is 21.2 Å². The average Bonchev–Trinajstić information content (AvgIpc) is 2.53. The molecule has 0 radical (unpaired) electrons. The van der Waals surface area contributed by atoms with Crippen molar-refractivity contribution in [3.05, 3.63) is 46.4 Å². The molecule has 1 N–H and O–H groups in total. The van der Waals surface area contributed by atoms with Crippen LogP contribution in [0.5, 0.6) is 0 Å². The third-order valence-corrected chi connectivity index (χ3v) is 5.16. The first-order valence-electron chi connectivity index (χ1n) is 9.95. The van der Waals surface area contributed by atoms with Gasteiger partial charge in [-0.05, 0) is 76.1 Å². The van der Waals surface area contributed by atoms with Crippen molar-refractivity contribution < 1.29 is 19.1 Å². The molecular weight excluding hydrogens is 448 g/mol. The average molecular weight is 477 g/mol. The molecule has 2 aromatic carbocycles. The predicted molar refractivity (Wildman–Crippen MR) is 121 cm³/mol. The number of amides is 2. The van der Waals surface area contributed by atoms with Gasteiger partial charge in [0.2, 0.25) is 0 Å². The molecule has 2 aromatic rings. The molecule has 1 aliphatic rings. The molecule has 0 atom stereocenters. The minimum Gasteiger partial charge on any atom is -0.444 e. The number of halogens is 1. The summed E-state index contributed by atoms with van der Waals surface area (Å²) in [5.41, 5.74) is -1.02. The Labute approximate surface area is 186 Å². The monoisotopic (exact) mass is 476 g/mol. The van der Waals surface area contributed by atoms with Gasteiger partial charge < -0.3 is 19.7 Å². The zero-order valence-electron chi connectivity index (χ0n) is 18.3. The van der Waals surface area contributed by atoms with E-state index in [9.17, 15) is 9.59 Å². The minimum absolute atomic E-state index is 0.306. The van der Waals surface area contributed by atoms with Gasteiger partial charge in [0.1, 0.15) is 16.7 Å². The third-order valence-electron chi connectivity index (χ3n) is 4.67. The summed E-state index contributed by atoms with van der Waals surface area (Å²) in [4.78, 5) is 26.7. The van der Waals surface area contributed by atoms with Gasteiger partial charge in [0.05, 0.1) is 13.1 Å². The first kappa shape index (κ1) is 22.4. The summed E-state index contributed by atoms with van der Waals surface area (Å²) < 4.78 is 11.9. The van der Waals surface area contributed by atoms with Gasteiger partial charge in [0.15, 0.2) is 0 Å². The third kappa shape index (κ3) is 5.25. The van der Waals surface area contributed by atoms with Crippen LogP contribution in [-0.2, 0) is 15.0 Å². The van der Waals surface area contributed by atoms with Crippen LogP contribution in [0.1, 0.15) is 47.1 Å². The fourth-order valence-electron chi connectivity index (χ4n) is 3.41. The molecule has 30 heavy (non-hydrogen) atoms. The van der Waals surface area contributed by atoms with Crippen molar-refractivity contribution in [3.8, 4) is 0 Å². The van der Waals surface area contributed by atoms with Crippen molar-refractivity contribution in [2.75, 3.05) is 13.1 Å². The van der Waals surface area contributed by atoms with E-state index in [0.29, 0.717) is 13.1 Å². The maximum absolute atomic E-state index is 12.6. The molecule has 1 aliphatic heterocycles. The first-order valence-corrected chi connectivity index (χ1v) is 10.7. The molecule has 0 bridgehead atoms. The maximum Gasteiger partial charge on any atom is 0.410 e. The van der Waals surface area contributed by atoms with Crippen LogP contribution < -0.4 is 5.32 Å². The summed E-state index contributed by atoms with van der Waals surface area (Å²) in [6, 6.07) is 12.1. The highest BCUT2D eigenvalue weighted by Gasteiger charge is 2.49. The lowest BCUT2D eigenvalue weighted by molar-refractivity contribution is -0.0229. The Morgan fingerprint density at radius 1 is 0.933 bits per heavy atom. The number of carbonyl (C=O) groups excluding carboxylic acids is 2. The number of nitrogens with zero attached hydrogens (tertiary/aromatic N) is 1. The number of fused-ring (bicyclic) bond motifs is 1. The van der Waals surface area contributed by atoms with Crippen molar-refractivity contribution in [1.82, 2.24) is 10.2 Å². The zero-order valence-corrected chi connectivity index (χ0v) is 19.9. The molecule has 7 heteroatoms. The number of hydrogen-bond donors (Lipinski definition) is 1. The fraction of sp³-hybridized carbons (Fsp3) is 0.478. The molecular formula is C23H29BrN2O4. The van der Waals surface area contributed by atoms with Crippen LogP contribution in [-0.4, -0.2) is 41.4 Å². The molecule has 2 amide bonds. The number of ether oxygens (including phenoxy) is 2. The van der Waals surface area contributed by atoms with Gasteiger partial charge >= 0.3 is 12.2 Å². The van der Waals surface area contributed by atoms with Gasteiger partial charge in [-0.2, -0.15) is 0 Å². The van der Waals surface area contributed by atoms with E-state index < -0.39 is 28.9 Å².